The normalized spacial score (nSPS) is 21.1. The number of carbonyl (C=O) groups is 1. The molecule has 0 unspecified atom stereocenters. The van der Waals surface area contributed by atoms with Gasteiger partial charge in [-0.25, -0.2) is 0 Å². The number of alkyl halides is 2. The maximum atomic E-state index is 12.3. The molecule has 4 nitrogen and oxygen atoms in total. The van der Waals surface area contributed by atoms with Crippen LogP contribution in [0.4, 0.5) is 14.5 Å². The fourth-order valence-electron chi connectivity index (χ4n) is 3.07. The Morgan fingerprint density at radius 3 is 2.70 bits per heavy atom. The van der Waals surface area contributed by atoms with Crippen molar-refractivity contribution in [3.63, 3.8) is 0 Å². The Hall–Kier alpha value is -1.69. The summed E-state index contributed by atoms with van der Waals surface area (Å²) >= 11 is 0. The average molecular weight is 282 g/mol. The third kappa shape index (κ3) is 2.04. The molecule has 2 aliphatic heterocycles. The minimum Gasteiger partial charge on any atom is -0.435 e. The Morgan fingerprint density at radius 2 is 2.05 bits per heavy atom. The maximum Gasteiger partial charge on any atom is 0.387 e. The molecule has 1 N–H and O–H groups in total. The lowest BCUT2D eigenvalue weighted by Gasteiger charge is -2.36. The van der Waals surface area contributed by atoms with Gasteiger partial charge in [-0.2, -0.15) is 8.78 Å². The van der Waals surface area contributed by atoms with E-state index in [0.29, 0.717) is 18.5 Å². The van der Waals surface area contributed by atoms with Gasteiger partial charge >= 0.3 is 6.61 Å². The van der Waals surface area contributed by atoms with Crippen molar-refractivity contribution in [2.75, 3.05) is 25.5 Å². The van der Waals surface area contributed by atoms with Crippen LogP contribution in [0.1, 0.15) is 18.4 Å². The lowest BCUT2D eigenvalue weighted by Crippen LogP contribution is -2.45. The second-order valence-corrected chi connectivity index (χ2v) is 5.43. The molecule has 0 aromatic heterocycles. The van der Waals surface area contributed by atoms with Crippen molar-refractivity contribution < 1.29 is 18.3 Å². The van der Waals surface area contributed by atoms with Crippen molar-refractivity contribution in [2.45, 2.75) is 24.9 Å². The van der Waals surface area contributed by atoms with E-state index in [1.807, 2.05) is 7.05 Å². The highest BCUT2D eigenvalue weighted by molar-refractivity contribution is 6.06. The van der Waals surface area contributed by atoms with Crippen molar-refractivity contribution in [1.29, 1.82) is 0 Å². The number of benzene rings is 1. The number of rotatable bonds is 2. The standard InChI is InChI=1S/C14H16F2N2O2/c1-18-6-4-14(5-7-18)10-8-9(20-13(15)16)2-3-11(10)17-12(14)19/h2-3,8,13H,4-7H2,1H3,(H,17,19). The highest BCUT2D eigenvalue weighted by Gasteiger charge is 2.48. The summed E-state index contributed by atoms with van der Waals surface area (Å²) < 4.78 is 29.1. The lowest BCUT2D eigenvalue weighted by atomic mass is 9.74. The number of fused-ring (bicyclic) bond motifs is 2. The number of carbonyl (C=O) groups excluding carboxylic acids is 1. The first-order valence-electron chi connectivity index (χ1n) is 6.61. The molecule has 1 amide bonds. The number of anilines is 1. The smallest absolute Gasteiger partial charge is 0.387 e. The zero-order valence-electron chi connectivity index (χ0n) is 11.2. The first-order valence-corrected chi connectivity index (χ1v) is 6.61. The molecule has 20 heavy (non-hydrogen) atoms. The number of nitrogens with zero attached hydrogens (tertiary/aromatic N) is 1. The largest absolute Gasteiger partial charge is 0.435 e. The molecule has 2 aliphatic rings. The second-order valence-electron chi connectivity index (χ2n) is 5.43. The molecule has 0 radical (unpaired) electrons. The fraction of sp³-hybridized carbons (Fsp3) is 0.500. The summed E-state index contributed by atoms with van der Waals surface area (Å²) in [5.41, 5.74) is 0.901. The molecule has 2 heterocycles. The number of nitrogens with one attached hydrogen (secondary N) is 1. The molecule has 1 aromatic carbocycles. The van der Waals surface area contributed by atoms with E-state index in [1.54, 1.807) is 12.1 Å². The zero-order chi connectivity index (χ0) is 14.3. The number of ether oxygens (including phenoxy) is 1. The molecule has 1 saturated heterocycles. The SMILES string of the molecule is CN1CCC2(CC1)C(=O)Nc1ccc(OC(F)F)cc12. The second kappa shape index (κ2) is 4.70. The molecule has 3 rings (SSSR count). The van der Waals surface area contributed by atoms with Gasteiger partial charge in [0.15, 0.2) is 0 Å². The molecule has 0 saturated carbocycles. The average Bonchev–Trinajstić information content (AvgIpc) is 2.66. The van der Waals surface area contributed by atoms with Gasteiger partial charge in [-0.15, -0.1) is 0 Å². The van der Waals surface area contributed by atoms with Crippen LogP contribution in [0.5, 0.6) is 5.75 Å². The third-order valence-corrected chi connectivity index (χ3v) is 4.26. The minimum atomic E-state index is -2.86. The summed E-state index contributed by atoms with van der Waals surface area (Å²) in [6, 6.07) is 4.67. The van der Waals surface area contributed by atoms with Crippen LogP contribution in [0.25, 0.3) is 0 Å². The van der Waals surface area contributed by atoms with Crippen molar-refractivity contribution >= 4 is 11.6 Å². The van der Waals surface area contributed by atoms with Crippen LogP contribution in [-0.4, -0.2) is 37.6 Å². The Labute approximate surface area is 115 Å². The summed E-state index contributed by atoms with van der Waals surface area (Å²) in [5.74, 6) is 0.0725. The molecule has 1 fully saturated rings. The molecule has 1 aromatic rings. The molecular weight excluding hydrogens is 266 g/mol. The predicted octanol–water partition coefficient (Wildman–Crippen LogP) is 2.20. The highest BCUT2D eigenvalue weighted by Crippen LogP contribution is 2.46. The number of halogens is 2. The first-order chi connectivity index (χ1) is 9.51. The Bertz CT molecular complexity index is 540. The Kier molecular flexibility index (Phi) is 3.12. The fourth-order valence-corrected chi connectivity index (χ4v) is 3.07. The van der Waals surface area contributed by atoms with E-state index in [-0.39, 0.29) is 11.7 Å². The van der Waals surface area contributed by atoms with Crippen LogP contribution in [0.15, 0.2) is 18.2 Å². The quantitative estimate of drug-likeness (QED) is 0.904. The van der Waals surface area contributed by atoms with Gasteiger partial charge in [0, 0.05) is 5.69 Å². The lowest BCUT2D eigenvalue weighted by molar-refractivity contribution is -0.122. The van der Waals surface area contributed by atoms with Crippen molar-refractivity contribution in [2.24, 2.45) is 0 Å². The number of hydrogen-bond acceptors (Lipinski definition) is 3. The van der Waals surface area contributed by atoms with Gasteiger partial charge in [0.2, 0.25) is 5.91 Å². The monoisotopic (exact) mass is 282 g/mol. The van der Waals surface area contributed by atoms with Gasteiger partial charge in [0.1, 0.15) is 5.75 Å². The number of likely N-dealkylation sites (tertiary alicyclic amines) is 1. The van der Waals surface area contributed by atoms with Crippen LogP contribution in [0.2, 0.25) is 0 Å². The predicted molar refractivity (Wildman–Crippen MR) is 70.1 cm³/mol. The van der Waals surface area contributed by atoms with Gasteiger partial charge in [-0.05, 0) is 56.7 Å². The van der Waals surface area contributed by atoms with Gasteiger partial charge in [0.05, 0.1) is 5.41 Å². The van der Waals surface area contributed by atoms with Crippen LogP contribution < -0.4 is 10.1 Å². The number of piperidine rings is 1. The van der Waals surface area contributed by atoms with Crippen molar-refractivity contribution in [1.82, 2.24) is 4.90 Å². The minimum absolute atomic E-state index is 0.0326. The van der Waals surface area contributed by atoms with Crippen LogP contribution in [0, 0.1) is 0 Å². The van der Waals surface area contributed by atoms with E-state index in [0.717, 1.165) is 18.7 Å². The first kappa shape index (κ1) is 13.3. The molecule has 6 heteroatoms. The Balaban J connectivity index is 1.97. The molecular formula is C14H16F2N2O2. The van der Waals surface area contributed by atoms with E-state index in [1.165, 1.54) is 6.07 Å². The van der Waals surface area contributed by atoms with Crippen molar-refractivity contribution in [3.8, 4) is 5.75 Å². The van der Waals surface area contributed by atoms with E-state index >= 15 is 0 Å². The third-order valence-electron chi connectivity index (χ3n) is 4.26. The summed E-state index contributed by atoms with van der Waals surface area (Å²) in [7, 11) is 2.01. The zero-order valence-corrected chi connectivity index (χ0v) is 11.2. The van der Waals surface area contributed by atoms with E-state index in [4.69, 9.17) is 0 Å². The van der Waals surface area contributed by atoms with Crippen molar-refractivity contribution in [3.05, 3.63) is 23.8 Å². The van der Waals surface area contributed by atoms with E-state index in [9.17, 15) is 13.6 Å². The van der Waals surface area contributed by atoms with Crippen LogP contribution >= 0.6 is 0 Å². The van der Waals surface area contributed by atoms with E-state index < -0.39 is 12.0 Å². The van der Waals surface area contributed by atoms with Gasteiger partial charge in [-0.1, -0.05) is 0 Å². The molecule has 0 bridgehead atoms. The highest BCUT2D eigenvalue weighted by atomic mass is 19.3. The Morgan fingerprint density at radius 1 is 1.35 bits per heavy atom. The molecule has 108 valence electrons. The summed E-state index contributed by atoms with van der Waals surface area (Å²) in [5, 5.41) is 2.85. The number of amides is 1. The summed E-state index contributed by atoms with van der Waals surface area (Å²) in [6.45, 7) is -1.23. The molecule has 0 atom stereocenters. The summed E-state index contributed by atoms with van der Waals surface area (Å²) in [6.07, 6.45) is 1.39. The van der Waals surface area contributed by atoms with Gasteiger partial charge in [-0.3, -0.25) is 4.79 Å². The molecule has 1 spiro atoms. The summed E-state index contributed by atoms with van der Waals surface area (Å²) in [4.78, 5) is 14.5. The van der Waals surface area contributed by atoms with Gasteiger partial charge in [0.25, 0.3) is 0 Å². The van der Waals surface area contributed by atoms with Gasteiger partial charge < -0.3 is 15.0 Å². The van der Waals surface area contributed by atoms with E-state index in [2.05, 4.69) is 15.0 Å². The number of hydrogen-bond donors (Lipinski definition) is 1. The van der Waals surface area contributed by atoms with Crippen LogP contribution in [0.3, 0.4) is 0 Å². The maximum absolute atomic E-state index is 12.3. The topological polar surface area (TPSA) is 41.6 Å². The van der Waals surface area contributed by atoms with Crippen LogP contribution in [-0.2, 0) is 10.2 Å². The molecule has 0 aliphatic carbocycles.